The SMILES string of the molecule is CC/C=C\C/C=C\C/C=C\C/C=C\CCCCCCCCCCCCCCCCCCC(=O)NC(COP(=O)([O-])OCC[N+](C)(C)C)C(O)/C=C/CC/C=C/CC/C=C/CCCCCCCCCCCCCCCCCCC. The summed E-state index contributed by atoms with van der Waals surface area (Å²) in [7, 11) is 1.24. The molecule has 0 aliphatic carbocycles. The van der Waals surface area contributed by atoms with Crippen molar-refractivity contribution >= 4 is 13.7 Å². The van der Waals surface area contributed by atoms with E-state index in [1.807, 2.05) is 27.2 Å². The van der Waals surface area contributed by atoms with Crippen molar-refractivity contribution in [3.05, 3.63) is 85.1 Å². The van der Waals surface area contributed by atoms with E-state index in [0.717, 1.165) is 70.6 Å². The molecule has 0 radical (unpaired) electrons. The molecular weight excluding hydrogens is 984 g/mol. The van der Waals surface area contributed by atoms with Crippen LogP contribution in [0.5, 0.6) is 0 Å². The van der Waals surface area contributed by atoms with Gasteiger partial charge in [0.05, 0.1) is 39.9 Å². The first-order chi connectivity index (χ1) is 38.0. The van der Waals surface area contributed by atoms with Crippen LogP contribution in [0, 0.1) is 0 Å². The molecular formula is C69H127N2O6P. The molecule has 0 heterocycles. The first-order valence-electron chi connectivity index (χ1n) is 32.9. The summed E-state index contributed by atoms with van der Waals surface area (Å²) in [6.07, 6.45) is 84.1. The van der Waals surface area contributed by atoms with Gasteiger partial charge in [0.15, 0.2) is 0 Å². The average Bonchev–Trinajstić information content (AvgIpc) is 3.41. The van der Waals surface area contributed by atoms with Crippen LogP contribution in [0.25, 0.3) is 0 Å². The Bertz CT molecular complexity index is 1550. The maximum absolute atomic E-state index is 13.0. The molecule has 9 heteroatoms. The molecule has 454 valence electrons. The highest BCUT2D eigenvalue weighted by Gasteiger charge is 2.23. The lowest BCUT2D eigenvalue weighted by Crippen LogP contribution is -2.45. The molecule has 0 rings (SSSR count). The Kier molecular flexibility index (Phi) is 57.5. The number of hydrogen-bond acceptors (Lipinski definition) is 6. The van der Waals surface area contributed by atoms with Gasteiger partial charge in [-0.05, 0) is 83.5 Å². The van der Waals surface area contributed by atoms with E-state index in [1.54, 1.807) is 6.08 Å². The van der Waals surface area contributed by atoms with Gasteiger partial charge in [0.1, 0.15) is 13.2 Å². The van der Waals surface area contributed by atoms with Crippen molar-refractivity contribution in [2.45, 2.75) is 309 Å². The normalized spacial score (nSPS) is 14.3. The Hall–Kier alpha value is -2.32. The second kappa shape index (κ2) is 59.3. The molecule has 3 atom stereocenters. The zero-order valence-electron chi connectivity index (χ0n) is 51.9. The number of phosphoric ester groups is 1. The number of amides is 1. The molecule has 0 fully saturated rings. The summed E-state index contributed by atoms with van der Waals surface area (Å²) in [5.74, 6) is -0.211. The highest BCUT2D eigenvalue weighted by Crippen LogP contribution is 2.38. The summed E-state index contributed by atoms with van der Waals surface area (Å²) in [5.41, 5.74) is 0. The van der Waals surface area contributed by atoms with Crippen LogP contribution in [0.2, 0.25) is 0 Å². The van der Waals surface area contributed by atoms with Gasteiger partial charge in [-0.25, -0.2) is 0 Å². The number of carbonyl (C=O) groups excluding carboxylic acids is 1. The van der Waals surface area contributed by atoms with Gasteiger partial charge in [0, 0.05) is 6.42 Å². The number of allylic oxidation sites excluding steroid dienone is 13. The highest BCUT2D eigenvalue weighted by atomic mass is 31.2. The van der Waals surface area contributed by atoms with Gasteiger partial charge in [0.2, 0.25) is 5.91 Å². The molecule has 0 saturated heterocycles. The van der Waals surface area contributed by atoms with Crippen molar-refractivity contribution in [2.75, 3.05) is 40.9 Å². The van der Waals surface area contributed by atoms with E-state index >= 15 is 0 Å². The van der Waals surface area contributed by atoms with Crippen molar-refractivity contribution < 1.29 is 32.9 Å². The summed E-state index contributed by atoms with van der Waals surface area (Å²) < 4.78 is 23.4. The van der Waals surface area contributed by atoms with Gasteiger partial charge in [-0.15, -0.1) is 0 Å². The standard InChI is InChI=1S/C69H127N2O6P/c1-6-8-10-12-14-16-18-20-22-24-26-28-30-32-34-35-37-39-41-43-45-47-49-51-53-55-57-59-61-63-69(73)70-67(66-77-78(74,75)76-65-64-71(3,4)5)68(72)62-60-58-56-54-52-50-48-46-44-42-40-38-36-33-31-29-27-25-23-21-19-17-15-13-11-9-7-2/h8,10,14,16,20,22,26,28,44,46,52,54,60,62,67-68,72H,6-7,9,11-13,15,17-19,21,23-25,27,29-43,45,47-51,53,55-59,61,63-66H2,1-5H3,(H-,70,73,74,75)/b10-8-,16-14-,22-20-,28-26-,46-44+,54-52+,62-60+. The lowest BCUT2D eigenvalue weighted by atomic mass is 10.0. The fraction of sp³-hybridized carbons (Fsp3) is 0.783. The van der Waals surface area contributed by atoms with Crippen molar-refractivity contribution in [3.8, 4) is 0 Å². The molecule has 0 aromatic heterocycles. The lowest BCUT2D eigenvalue weighted by Gasteiger charge is -2.29. The number of aliphatic hydroxyl groups excluding tert-OH is 1. The van der Waals surface area contributed by atoms with Crippen LogP contribution >= 0.6 is 7.82 Å². The van der Waals surface area contributed by atoms with Crippen LogP contribution in [-0.4, -0.2) is 68.5 Å². The zero-order valence-corrected chi connectivity index (χ0v) is 52.7. The number of carbonyl (C=O) groups is 1. The van der Waals surface area contributed by atoms with E-state index in [2.05, 4.69) is 92.1 Å². The fourth-order valence-corrected chi connectivity index (χ4v) is 10.2. The second-order valence-corrected chi connectivity index (χ2v) is 24.8. The Morgan fingerprint density at radius 3 is 1.19 bits per heavy atom. The number of quaternary nitrogens is 1. The van der Waals surface area contributed by atoms with Crippen LogP contribution in [0.1, 0.15) is 296 Å². The minimum absolute atomic E-state index is 0.0111. The summed E-state index contributed by atoms with van der Waals surface area (Å²) in [6.45, 7) is 4.54. The van der Waals surface area contributed by atoms with Crippen LogP contribution < -0.4 is 10.2 Å². The first-order valence-corrected chi connectivity index (χ1v) is 34.4. The van der Waals surface area contributed by atoms with E-state index < -0.39 is 26.6 Å². The maximum Gasteiger partial charge on any atom is 0.268 e. The minimum Gasteiger partial charge on any atom is -0.756 e. The van der Waals surface area contributed by atoms with Crippen LogP contribution in [-0.2, 0) is 18.4 Å². The number of nitrogens with zero attached hydrogens (tertiary/aromatic N) is 1. The predicted octanol–water partition coefficient (Wildman–Crippen LogP) is 20.1. The Morgan fingerprint density at radius 1 is 0.462 bits per heavy atom. The number of unbranched alkanes of at least 4 members (excludes halogenated alkanes) is 35. The third-order valence-corrected chi connectivity index (χ3v) is 15.5. The Labute approximate surface area is 484 Å². The molecule has 3 unspecified atom stereocenters. The maximum atomic E-state index is 13.0. The van der Waals surface area contributed by atoms with E-state index in [-0.39, 0.29) is 12.5 Å². The molecule has 78 heavy (non-hydrogen) atoms. The van der Waals surface area contributed by atoms with Crippen molar-refractivity contribution in [2.24, 2.45) is 0 Å². The summed E-state index contributed by atoms with van der Waals surface area (Å²) >= 11 is 0. The van der Waals surface area contributed by atoms with Gasteiger partial charge >= 0.3 is 0 Å². The smallest absolute Gasteiger partial charge is 0.268 e. The second-order valence-electron chi connectivity index (χ2n) is 23.4. The van der Waals surface area contributed by atoms with E-state index in [1.165, 1.54) is 205 Å². The molecule has 0 aliphatic heterocycles. The molecule has 0 aromatic carbocycles. The largest absolute Gasteiger partial charge is 0.756 e. The van der Waals surface area contributed by atoms with Crippen molar-refractivity contribution in [1.82, 2.24) is 5.32 Å². The summed E-state index contributed by atoms with van der Waals surface area (Å²) in [5, 5.41) is 13.9. The van der Waals surface area contributed by atoms with Gasteiger partial charge in [0.25, 0.3) is 7.82 Å². The first kappa shape index (κ1) is 75.7. The van der Waals surface area contributed by atoms with E-state index in [9.17, 15) is 19.4 Å². The van der Waals surface area contributed by atoms with Crippen LogP contribution in [0.15, 0.2) is 85.1 Å². The average molecular weight is 1110 g/mol. The van der Waals surface area contributed by atoms with Gasteiger partial charge in [-0.2, -0.15) is 0 Å². The number of nitrogens with one attached hydrogen (secondary N) is 1. The predicted molar refractivity (Wildman–Crippen MR) is 339 cm³/mol. The molecule has 0 aromatic rings. The molecule has 2 N–H and O–H groups in total. The number of aliphatic hydroxyl groups is 1. The molecule has 0 aliphatic rings. The fourth-order valence-electron chi connectivity index (χ4n) is 9.47. The quantitative estimate of drug-likeness (QED) is 0.0272. The molecule has 0 spiro atoms. The number of likely N-dealkylation sites (N-methyl/N-ethyl adjacent to an activating group) is 1. The minimum atomic E-state index is -4.62. The van der Waals surface area contributed by atoms with Crippen molar-refractivity contribution in [3.63, 3.8) is 0 Å². The number of rotatable bonds is 60. The van der Waals surface area contributed by atoms with Crippen molar-refractivity contribution in [1.29, 1.82) is 0 Å². The van der Waals surface area contributed by atoms with E-state index in [0.29, 0.717) is 17.4 Å². The molecule has 1 amide bonds. The molecule has 0 bridgehead atoms. The van der Waals surface area contributed by atoms with Gasteiger partial charge in [-0.3, -0.25) is 9.36 Å². The molecule has 0 saturated carbocycles. The van der Waals surface area contributed by atoms with Gasteiger partial charge in [-0.1, -0.05) is 292 Å². The zero-order chi connectivity index (χ0) is 57.0. The van der Waals surface area contributed by atoms with Crippen LogP contribution in [0.4, 0.5) is 0 Å². The molecule has 8 nitrogen and oxygen atoms in total. The third-order valence-electron chi connectivity index (χ3n) is 14.6. The summed E-state index contributed by atoms with van der Waals surface area (Å²) in [4.78, 5) is 25.6. The number of phosphoric acid groups is 1. The highest BCUT2D eigenvalue weighted by molar-refractivity contribution is 7.45. The van der Waals surface area contributed by atoms with Crippen LogP contribution in [0.3, 0.4) is 0 Å². The lowest BCUT2D eigenvalue weighted by molar-refractivity contribution is -0.870. The van der Waals surface area contributed by atoms with E-state index in [4.69, 9.17) is 9.05 Å². The van der Waals surface area contributed by atoms with Gasteiger partial charge < -0.3 is 28.8 Å². The summed E-state index contributed by atoms with van der Waals surface area (Å²) in [6, 6.07) is -0.915. The number of hydrogen-bond donors (Lipinski definition) is 2. The Balaban J connectivity index is 4.18. The topological polar surface area (TPSA) is 108 Å². The Morgan fingerprint density at radius 2 is 0.795 bits per heavy atom. The monoisotopic (exact) mass is 1110 g/mol. The third kappa shape index (κ3) is 61.3.